The van der Waals surface area contributed by atoms with Gasteiger partial charge in [-0.3, -0.25) is 0 Å². The number of halogens is 1. The fraction of sp³-hybridized carbons (Fsp3) is 0.526. The molecule has 0 unspecified atom stereocenters. The lowest BCUT2D eigenvalue weighted by Gasteiger charge is -2.35. The number of hydrogen-bond acceptors (Lipinski definition) is 2. The molecule has 2 rings (SSSR count). The van der Waals surface area contributed by atoms with E-state index in [0.717, 1.165) is 28.5 Å². The number of carbonyl (C=O) groups is 1. The first kappa shape index (κ1) is 17.3. The van der Waals surface area contributed by atoms with E-state index in [1.807, 2.05) is 6.92 Å². The van der Waals surface area contributed by atoms with Crippen molar-refractivity contribution in [2.75, 3.05) is 6.61 Å². The van der Waals surface area contributed by atoms with Crippen LogP contribution in [-0.2, 0) is 16.6 Å². The molecule has 1 aliphatic carbocycles. The minimum Gasteiger partial charge on any atom is -0.492 e. The Morgan fingerprint density at radius 2 is 2.09 bits per heavy atom. The summed E-state index contributed by atoms with van der Waals surface area (Å²) >= 11 is 3.77. The Morgan fingerprint density at radius 1 is 1.41 bits per heavy atom. The molecule has 1 aliphatic rings. The van der Waals surface area contributed by atoms with Gasteiger partial charge in [-0.2, -0.15) is 0 Å². The van der Waals surface area contributed by atoms with Gasteiger partial charge in [-0.05, 0) is 63.4 Å². The van der Waals surface area contributed by atoms with Crippen molar-refractivity contribution in [2.24, 2.45) is 5.92 Å². The summed E-state index contributed by atoms with van der Waals surface area (Å²) in [5, 5.41) is 0. The summed E-state index contributed by atoms with van der Waals surface area (Å²) in [5.74, 6) is 1.29. The van der Waals surface area contributed by atoms with E-state index in [0.29, 0.717) is 18.9 Å². The highest BCUT2D eigenvalue weighted by atomic mass is 79.9. The van der Waals surface area contributed by atoms with Gasteiger partial charge in [0.05, 0.1) is 11.1 Å². The first-order valence-electron chi connectivity index (χ1n) is 7.96. The molecular weight excluding hydrogens is 340 g/mol. The van der Waals surface area contributed by atoms with Gasteiger partial charge < -0.3 is 9.53 Å². The Morgan fingerprint density at radius 3 is 2.64 bits per heavy atom. The number of fused-ring (bicyclic) bond motifs is 1. The van der Waals surface area contributed by atoms with Crippen molar-refractivity contribution in [3.8, 4) is 5.75 Å². The molecule has 0 saturated carbocycles. The average Bonchev–Trinajstić information content (AvgIpc) is 2.42. The van der Waals surface area contributed by atoms with Crippen LogP contribution in [0.15, 0.2) is 16.6 Å². The van der Waals surface area contributed by atoms with Crippen LogP contribution < -0.4 is 4.74 Å². The summed E-state index contributed by atoms with van der Waals surface area (Å²) in [6.07, 6.45) is 4.70. The maximum Gasteiger partial charge on any atom is 0.137 e. The van der Waals surface area contributed by atoms with Crippen LogP contribution in [0.3, 0.4) is 0 Å². The monoisotopic (exact) mass is 364 g/mol. The summed E-state index contributed by atoms with van der Waals surface area (Å²) in [6.45, 7) is 11.5. The number of rotatable bonds is 5. The zero-order valence-corrected chi connectivity index (χ0v) is 15.7. The lowest BCUT2D eigenvalue weighted by Crippen LogP contribution is -2.24. The summed E-state index contributed by atoms with van der Waals surface area (Å²) < 4.78 is 6.86. The quantitative estimate of drug-likeness (QED) is 0.661. The maximum atomic E-state index is 11.1. The number of aldehydes is 1. The second-order valence-corrected chi connectivity index (χ2v) is 7.60. The Bertz CT molecular complexity index is 612. The second-order valence-electron chi connectivity index (χ2n) is 6.81. The molecule has 1 aromatic rings. The molecule has 120 valence electrons. The lowest BCUT2D eigenvalue weighted by molar-refractivity contribution is -0.107. The molecule has 0 N–H and O–H groups in total. The normalized spacial score (nSPS) is 16.2. The van der Waals surface area contributed by atoms with E-state index < -0.39 is 0 Å². The van der Waals surface area contributed by atoms with Crippen LogP contribution in [0.1, 0.15) is 57.7 Å². The summed E-state index contributed by atoms with van der Waals surface area (Å²) in [4.78, 5) is 11.1. The first-order chi connectivity index (χ1) is 10.3. The highest BCUT2D eigenvalue weighted by Crippen LogP contribution is 2.49. The van der Waals surface area contributed by atoms with Crippen molar-refractivity contribution in [3.63, 3.8) is 0 Å². The van der Waals surface area contributed by atoms with E-state index in [2.05, 4.69) is 55.8 Å². The predicted molar refractivity (Wildman–Crippen MR) is 95.5 cm³/mol. The van der Waals surface area contributed by atoms with Crippen LogP contribution >= 0.6 is 15.9 Å². The van der Waals surface area contributed by atoms with E-state index >= 15 is 0 Å². The van der Waals surface area contributed by atoms with Gasteiger partial charge in [-0.15, -0.1) is 0 Å². The van der Waals surface area contributed by atoms with Crippen molar-refractivity contribution in [2.45, 2.75) is 52.9 Å². The van der Waals surface area contributed by atoms with Gasteiger partial charge in [-0.1, -0.05) is 33.8 Å². The molecule has 0 saturated heterocycles. The van der Waals surface area contributed by atoms with E-state index in [1.165, 1.54) is 16.7 Å². The molecule has 0 heterocycles. The first-order valence-corrected chi connectivity index (χ1v) is 8.75. The van der Waals surface area contributed by atoms with Crippen LogP contribution in [0, 0.1) is 5.92 Å². The molecule has 0 amide bonds. The molecule has 2 nitrogen and oxygen atoms in total. The number of carbonyl (C=O) groups excluding carboxylic acids is 1. The Kier molecular flexibility index (Phi) is 5.16. The third kappa shape index (κ3) is 3.01. The topological polar surface area (TPSA) is 26.3 Å². The van der Waals surface area contributed by atoms with Crippen LogP contribution in [0.2, 0.25) is 0 Å². The third-order valence-electron chi connectivity index (χ3n) is 4.33. The zero-order valence-electron chi connectivity index (χ0n) is 14.1. The smallest absolute Gasteiger partial charge is 0.137 e. The van der Waals surface area contributed by atoms with Crippen LogP contribution in [0.5, 0.6) is 5.75 Å². The van der Waals surface area contributed by atoms with Gasteiger partial charge in [0.15, 0.2) is 0 Å². The van der Waals surface area contributed by atoms with E-state index in [4.69, 9.17) is 4.74 Å². The Hall–Kier alpha value is -1.09. The minimum atomic E-state index is 0.0537. The fourth-order valence-electron chi connectivity index (χ4n) is 3.24. The summed E-state index contributed by atoms with van der Waals surface area (Å²) in [7, 11) is 0. The van der Waals surface area contributed by atoms with Crippen LogP contribution in [-0.4, -0.2) is 12.9 Å². The Balaban J connectivity index is 2.76. The molecule has 0 radical (unpaired) electrons. The van der Waals surface area contributed by atoms with Crippen LogP contribution in [0.4, 0.5) is 0 Å². The molecule has 0 bridgehead atoms. The average molecular weight is 365 g/mol. The van der Waals surface area contributed by atoms with Crippen molar-refractivity contribution >= 4 is 27.8 Å². The number of allylic oxidation sites excluding steroid dienone is 2. The highest BCUT2D eigenvalue weighted by molar-refractivity contribution is 9.10. The number of ether oxygens (including phenoxy) is 1. The zero-order chi connectivity index (χ0) is 16.5. The molecule has 0 aliphatic heterocycles. The summed E-state index contributed by atoms with van der Waals surface area (Å²) in [5.41, 5.74) is 4.95. The van der Waals surface area contributed by atoms with Gasteiger partial charge in [0.25, 0.3) is 0 Å². The second kappa shape index (κ2) is 6.57. The molecule has 3 heteroatoms. The van der Waals surface area contributed by atoms with Crippen LogP contribution in [0.25, 0.3) is 5.57 Å². The van der Waals surface area contributed by atoms with E-state index in [9.17, 15) is 4.79 Å². The third-order valence-corrected chi connectivity index (χ3v) is 5.09. The molecule has 0 atom stereocenters. The molecule has 0 spiro atoms. The van der Waals surface area contributed by atoms with Crippen molar-refractivity contribution < 1.29 is 9.53 Å². The van der Waals surface area contributed by atoms with Gasteiger partial charge in [-0.25, -0.2) is 0 Å². The molecular formula is C19H25BrO2. The standard InChI is InChI=1S/C19H25BrO2/c1-6-22-18-13(8-10-21)11-15-14(12(2)3)7-9-19(4,5)16(15)17(18)20/h7,10-12H,6,8-9H2,1-5H3. The predicted octanol–water partition coefficient (Wildman–Crippen LogP) is 5.31. The van der Waals surface area contributed by atoms with Crippen molar-refractivity contribution in [1.29, 1.82) is 0 Å². The molecule has 0 aromatic heterocycles. The highest BCUT2D eigenvalue weighted by Gasteiger charge is 2.33. The molecule has 0 fully saturated rings. The molecule has 1 aromatic carbocycles. The molecule has 22 heavy (non-hydrogen) atoms. The van der Waals surface area contributed by atoms with E-state index in [1.54, 1.807) is 0 Å². The lowest BCUT2D eigenvalue weighted by atomic mass is 9.71. The number of benzene rings is 1. The van der Waals surface area contributed by atoms with Gasteiger partial charge >= 0.3 is 0 Å². The van der Waals surface area contributed by atoms with Crippen molar-refractivity contribution in [3.05, 3.63) is 33.3 Å². The largest absolute Gasteiger partial charge is 0.492 e. The minimum absolute atomic E-state index is 0.0537. The van der Waals surface area contributed by atoms with Crippen molar-refractivity contribution in [1.82, 2.24) is 0 Å². The summed E-state index contributed by atoms with van der Waals surface area (Å²) in [6, 6.07) is 2.16. The van der Waals surface area contributed by atoms with Gasteiger partial charge in [0.1, 0.15) is 12.0 Å². The maximum absolute atomic E-state index is 11.1. The Labute approximate surface area is 142 Å². The SMILES string of the molecule is CCOc1c(CC=O)cc2c(c1Br)C(C)(C)CC=C2C(C)C. The van der Waals surface area contributed by atoms with Gasteiger partial charge in [0, 0.05) is 12.0 Å². The fourth-order valence-corrected chi connectivity index (χ4v) is 4.36. The van der Waals surface area contributed by atoms with Gasteiger partial charge in [0.2, 0.25) is 0 Å². The number of hydrogen-bond donors (Lipinski definition) is 0. The van der Waals surface area contributed by atoms with E-state index in [-0.39, 0.29) is 5.41 Å².